The first-order chi connectivity index (χ1) is 10.5. The Balaban J connectivity index is 1.94. The first-order valence-electron chi connectivity index (χ1n) is 6.59. The molecule has 3 aromatic rings. The average Bonchev–Trinajstić information content (AvgIpc) is 2.88. The fourth-order valence-electron chi connectivity index (χ4n) is 2.15. The van der Waals surface area contributed by atoms with Crippen molar-refractivity contribution >= 4 is 44.2 Å². The largest absolute Gasteiger partial charge is 0.298 e. The molecule has 0 spiro atoms. The minimum atomic E-state index is -0.654. The third-order valence-corrected chi connectivity index (χ3v) is 4.68. The van der Waals surface area contributed by atoms with Gasteiger partial charge in [-0.1, -0.05) is 35.1 Å². The van der Waals surface area contributed by atoms with Gasteiger partial charge < -0.3 is 0 Å². The maximum atomic E-state index is 13.8. The fourth-order valence-corrected chi connectivity index (χ4v) is 3.32. The van der Waals surface area contributed by atoms with Crippen molar-refractivity contribution < 1.29 is 9.18 Å². The predicted molar refractivity (Wildman–Crippen MR) is 88.5 cm³/mol. The van der Waals surface area contributed by atoms with Crippen molar-refractivity contribution in [2.24, 2.45) is 0 Å². The standard InChI is InChI=1S/C16H12ClFN2OS/c1-8-3-4-9(2)14-13(8)19-16(22-14)20-15(21)11-6-5-10(17)7-12(11)18/h3-7H,1-2H3,(H,19,20,21). The van der Waals surface area contributed by atoms with E-state index in [1.165, 1.54) is 23.5 Å². The van der Waals surface area contributed by atoms with Crippen LogP contribution in [0.2, 0.25) is 5.02 Å². The molecule has 0 atom stereocenters. The van der Waals surface area contributed by atoms with Crippen LogP contribution in [0.3, 0.4) is 0 Å². The number of carbonyl (C=O) groups excluding carboxylic acids is 1. The van der Waals surface area contributed by atoms with E-state index in [2.05, 4.69) is 10.3 Å². The van der Waals surface area contributed by atoms with E-state index < -0.39 is 11.7 Å². The summed E-state index contributed by atoms with van der Waals surface area (Å²) in [5.74, 6) is -1.19. The highest BCUT2D eigenvalue weighted by atomic mass is 35.5. The zero-order chi connectivity index (χ0) is 15.9. The molecule has 0 unspecified atom stereocenters. The van der Waals surface area contributed by atoms with Crippen molar-refractivity contribution in [3.63, 3.8) is 0 Å². The normalized spacial score (nSPS) is 10.9. The zero-order valence-corrected chi connectivity index (χ0v) is 13.5. The fraction of sp³-hybridized carbons (Fsp3) is 0.125. The quantitative estimate of drug-likeness (QED) is 0.719. The summed E-state index contributed by atoms with van der Waals surface area (Å²) in [4.78, 5) is 16.6. The van der Waals surface area contributed by atoms with Gasteiger partial charge in [0, 0.05) is 5.02 Å². The van der Waals surface area contributed by atoms with E-state index in [1.807, 2.05) is 26.0 Å². The molecule has 2 aromatic carbocycles. The van der Waals surface area contributed by atoms with E-state index in [1.54, 1.807) is 0 Å². The van der Waals surface area contributed by atoms with Gasteiger partial charge >= 0.3 is 0 Å². The number of hydrogen-bond acceptors (Lipinski definition) is 3. The van der Waals surface area contributed by atoms with Crippen molar-refractivity contribution in [3.8, 4) is 0 Å². The van der Waals surface area contributed by atoms with Crippen LogP contribution >= 0.6 is 22.9 Å². The Bertz CT molecular complexity index is 852. The minimum absolute atomic E-state index is 0.0582. The smallest absolute Gasteiger partial charge is 0.260 e. The number of fused-ring (bicyclic) bond motifs is 1. The van der Waals surface area contributed by atoms with E-state index in [0.717, 1.165) is 27.4 Å². The van der Waals surface area contributed by atoms with Crippen LogP contribution in [0.15, 0.2) is 30.3 Å². The number of aryl methyl sites for hydroxylation is 2. The summed E-state index contributed by atoms with van der Waals surface area (Å²) in [6.45, 7) is 3.95. The Morgan fingerprint density at radius 1 is 1.23 bits per heavy atom. The van der Waals surface area contributed by atoms with Crippen LogP contribution in [0.1, 0.15) is 21.5 Å². The van der Waals surface area contributed by atoms with E-state index in [-0.39, 0.29) is 10.6 Å². The van der Waals surface area contributed by atoms with Crippen LogP contribution in [0.4, 0.5) is 9.52 Å². The molecule has 0 aliphatic heterocycles. The number of thiazole rings is 1. The van der Waals surface area contributed by atoms with Gasteiger partial charge in [0.05, 0.1) is 15.8 Å². The molecule has 1 amide bonds. The van der Waals surface area contributed by atoms with Gasteiger partial charge in [-0.3, -0.25) is 10.1 Å². The lowest BCUT2D eigenvalue weighted by Crippen LogP contribution is -2.13. The molecular formula is C16H12ClFN2OS. The van der Waals surface area contributed by atoms with Gasteiger partial charge in [0.1, 0.15) is 5.82 Å². The van der Waals surface area contributed by atoms with Gasteiger partial charge in [-0.25, -0.2) is 9.37 Å². The number of benzene rings is 2. The number of nitrogens with zero attached hydrogens (tertiary/aromatic N) is 1. The molecule has 3 nitrogen and oxygen atoms in total. The molecule has 0 saturated carbocycles. The van der Waals surface area contributed by atoms with Gasteiger partial charge in [0.2, 0.25) is 0 Å². The molecule has 0 bridgehead atoms. The molecule has 1 heterocycles. The predicted octanol–water partition coefficient (Wildman–Crippen LogP) is 4.96. The van der Waals surface area contributed by atoms with Crippen molar-refractivity contribution in [2.45, 2.75) is 13.8 Å². The number of rotatable bonds is 2. The maximum absolute atomic E-state index is 13.8. The number of halogens is 2. The minimum Gasteiger partial charge on any atom is -0.298 e. The monoisotopic (exact) mass is 334 g/mol. The Labute approximate surface area is 135 Å². The first-order valence-corrected chi connectivity index (χ1v) is 7.78. The highest BCUT2D eigenvalue weighted by Crippen LogP contribution is 2.31. The summed E-state index contributed by atoms with van der Waals surface area (Å²) in [7, 11) is 0. The molecule has 0 aliphatic carbocycles. The van der Waals surface area contributed by atoms with Gasteiger partial charge in [0.25, 0.3) is 5.91 Å². The number of carbonyl (C=O) groups is 1. The molecule has 0 fully saturated rings. The SMILES string of the molecule is Cc1ccc(C)c2sc(NC(=O)c3ccc(Cl)cc3F)nc12. The average molecular weight is 335 g/mol. The summed E-state index contributed by atoms with van der Waals surface area (Å²) in [6.07, 6.45) is 0. The van der Waals surface area contributed by atoms with E-state index in [0.29, 0.717) is 5.13 Å². The number of amides is 1. The van der Waals surface area contributed by atoms with Crippen molar-refractivity contribution in [1.82, 2.24) is 4.98 Å². The van der Waals surface area contributed by atoms with E-state index >= 15 is 0 Å². The molecule has 3 rings (SSSR count). The second-order valence-electron chi connectivity index (χ2n) is 4.97. The zero-order valence-electron chi connectivity index (χ0n) is 11.9. The van der Waals surface area contributed by atoms with Crippen LogP contribution in [-0.2, 0) is 0 Å². The third kappa shape index (κ3) is 2.69. The van der Waals surface area contributed by atoms with Gasteiger partial charge in [-0.15, -0.1) is 0 Å². The molecule has 6 heteroatoms. The number of aromatic nitrogens is 1. The molecule has 22 heavy (non-hydrogen) atoms. The van der Waals surface area contributed by atoms with Crippen LogP contribution in [0, 0.1) is 19.7 Å². The Kier molecular flexibility index (Phi) is 3.85. The molecule has 0 saturated heterocycles. The molecular weight excluding hydrogens is 323 g/mol. The van der Waals surface area contributed by atoms with Crippen molar-refractivity contribution in [3.05, 3.63) is 57.9 Å². The number of hydrogen-bond donors (Lipinski definition) is 1. The van der Waals surface area contributed by atoms with Crippen LogP contribution in [0.5, 0.6) is 0 Å². The van der Waals surface area contributed by atoms with Crippen LogP contribution < -0.4 is 5.32 Å². The number of nitrogens with one attached hydrogen (secondary N) is 1. The molecule has 112 valence electrons. The number of anilines is 1. The second-order valence-corrected chi connectivity index (χ2v) is 6.41. The van der Waals surface area contributed by atoms with Crippen molar-refractivity contribution in [2.75, 3.05) is 5.32 Å². The summed E-state index contributed by atoms with van der Waals surface area (Å²) >= 11 is 7.07. The summed E-state index contributed by atoms with van der Waals surface area (Å²) in [6, 6.07) is 7.95. The lowest BCUT2D eigenvalue weighted by atomic mass is 10.1. The topological polar surface area (TPSA) is 42.0 Å². The molecule has 0 aliphatic rings. The summed E-state index contributed by atoms with van der Waals surface area (Å²) in [5.41, 5.74) is 2.93. The van der Waals surface area contributed by atoms with Gasteiger partial charge in [-0.05, 0) is 43.2 Å². The lowest BCUT2D eigenvalue weighted by molar-refractivity contribution is 0.102. The first kappa shape index (κ1) is 14.9. The highest BCUT2D eigenvalue weighted by molar-refractivity contribution is 7.22. The highest BCUT2D eigenvalue weighted by Gasteiger charge is 2.15. The Morgan fingerprint density at radius 3 is 2.64 bits per heavy atom. The Morgan fingerprint density at radius 2 is 1.95 bits per heavy atom. The van der Waals surface area contributed by atoms with Crippen molar-refractivity contribution in [1.29, 1.82) is 0 Å². The molecule has 1 N–H and O–H groups in total. The third-order valence-electron chi connectivity index (χ3n) is 3.34. The Hall–Kier alpha value is -1.98. The molecule has 1 aromatic heterocycles. The van der Waals surface area contributed by atoms with Gasteiger partial charge in [-0.2, -0.15) is 0 Å². The maximum Gasteiger partial charge on any atom is 0.260 e. The van der Waals surface area contributed by atoms with Crippen LogP contribution in [0.25, 0.3) is 10.2 Å². The van der Waals surface area contributed by atoms with Gasteiger partial charge in [0.15, 0.2) is 5.13 Å². The summed E-state index contributed by atoms with van der Waals surface area (Å²) in [5, 5.41) is 3.35. The van der Waals surface area contributed by atoms with Crippen LogP contribution in [-0.4, -0.2) is 10.9 Å². The van der Waals surface area contributed by atoms with E-state index in [9.17, 15) is 9.18 Å². The lowest BCUT2D eigenvalue weighted by Gasteiger charge is -2.03. The second kappa shape index (κ2) is 5.66. The molecule has 0 radical (unpaired) electrons. The summed E-state index contributed by atoms with van der Waals surface area (Å²) < 4.78 is 14.8. The van der Waals surface area contributed by atoms with E-state index in [4.69, 9.17) is 11.6 Å².